The molecule has 0 bridgehead atoms. The maximum absolute atomic E-state index is 13.3. The van der Waals surface area contributed by atoms with E-state index in [0.717, 1.165) is 11.1 Å². The zero-order valence-electron chi connectivity index (χ0n) is 19.0. The van der Waals surface area contributed by atoms with Crippen LogP contribution in [0.2, 0.25) is 5.02 Å². The Morgan fingerprint density at radius 2 is 2.03 bits per heavy atom. The van der Waals surface area contributed by atoms with E-state index in [1.165, 1.54) is 6.92 Å². The van der Waals surface area contributed by atoms with Crippen LogP contribution in [0.15, 0.2) is 47.3 Å². The van der Waals surface area contributed by atoms with Crippen molar-refractivity contribution in [2.75, 3.05) is 12.4 Å². The molecule has 0 aliphatic heterocycles. The maximum Gasteiger partial charge on any atom is 0.302 e. The fourth-order valence-corrected chi connectivity index (χ4v) is 4.57. The third-order valence-electron chi connectivity index (χ3n) is 5.92. The third kappa shape index (κ3) is 4.33. The number of hydrogen-bond donors (Lipinski definition) is 1. The van der Waals surface area contributed by atoms with Crippen LogP contribution < -0.4 is 15.6 Å². The van der Waals surface area contributed by atoms with Gasteiger partial charge >= 0.3 is 5.97 Å². The molecule has 0 radical (unpaired) electrons. The van der Waals surface area contributed by atoms with Crippen molar-refractivity contribution in [3.8, 4) is 17.0 Å². The fourth-order valence-electron chi connectivity index (χ4n) is 4.31. The van der Waals surface area contributed by atoms with Gasteiger partial charge < -0.3 is 14.8 Å². The predicted molar refractivity (Wildman–Crippen MR) is 128 cm³/mol. The van der Waals surface area contributed by atoms with Crippen LogP contribution in [0.1, 0.15) is 36.7 Å². The summed E-state index contributed by atoms with van der Waals surface area (Å²) in [5.74, 6) is 0.854. The second-order valence-corrected chi connectivity index (χ2v) is 8.40. The van der Waals surface area contributed by atoms with E-state index >= 15 is 0 Å². The van der Waals surface area contributed by atoms with Gasteiger partial charge in [-0.2, -0.15) is 0 Å². The van der Waals surface area contributed by atoms with E-state index < -0.39 is 0 Å². The molecule has 3 aromatic rings. The summed E-state index contributed by atoms with van der Waals surface area (Å²) in [4.78, 5) is 29.8. The average Bonchev–Trinajstić information content (AvgIpc) is 3.13. The number of carbonyl (C=O) groups is 1. The number of rotatable bonds is 6. The van der Waals surface area contributed by atoms with E-state index in [0.29, 0.717) is 40.7 Å². The Labute approximate surface area is 197 Å². The van der Waals surface area contributed by atoms with E-state index in [4.69, 9.17) is 26.1 Å². The molecule has 8 heteroatoms. The molecular formula is C25H26ClN3O4. The van der Waals surface area contributed by atoms with E-state index in [1.54, 1.807) is 36.9 Å². The second-order valence-electron chi connectivity index (χ2n) is 7.99. The molecule has 0 saturated heterocycles. The molecule has 7 nitrogen and oxygen atoms in total. The van der Waals surface area contributed by atoms with Crippen molar-refractivity contribution < 1.29 is 14.3 Å². The van der Waals surface area contributed by atoms with E-state index in [9.17, 15) is 9.59 Å². The van der Waals surface area contributed by atoms with Gasteiger partial charge in [-0.1, -0.05) is 42.8 Å². The Hall–Kier alpha value is -3.32. The zero-order chi connectivity index (χ0) is 23.7. The van der Waals surface area contributed by atoms with Crippen molar-refractivity contribution in [3.63, 3.8) is 0 Å². The summed E-state index contributed by atoms with van der Waals surface area (Å²) in [5.41, 5.74) is 3.40. The average molecular weight is 468 g/mol. The molecule has 0 spiro atoms. The van der Waals surface area contributed by atoms with Gasteiger partial charge in [0.05, 0.1) is 23.9 Å². The first kappa shape index (κ1) is 22.9. The molecule has 1 heterocycles. The summed E-state index contributed by atoms with van der Waals surface area (Å²) in [6.07, 6.45) is 0.815. The van der Waals surface area contributed by atoms with Gasteiger partial charge in [0.15, 0.2) is 0 Å². The lowest BCUT2D eigenvalue weighted by Crippen LogP contribution is -2.31. The number of methoxy groups -OCH3 is 1. The van der Waals surface area contributed by atoms with Crippen LogP contribution in [-0.2, 0) is 29.4 Å². The van der Waals surface area contributed by atoms with Crippen molar-refractivity contribution in [3.05, 3.63) is 74.7 Å². The highest BCUT2D eigenvalue weighted by Gasteiger charge is 2.35. The predicted octanol–water partition coefficient (Wildman–Crippen LogP) is 4.31. The molecule has 2 atom stereocenters. The van der Waals surface area contributed by atoms with Gasteiger partial charge in [0.1, 0.15) is 23.4 Å². The normalized spacial score (nSPS) is 16.9. The summed E-state index contributed by atoms with van der Waals surface area (Å²) in [6, 6.07) is 12.8. The first-order chi connectivity index (χ1) is 15.8. The lowest BCUT2D eigenvalue weighted by molar-refractivity contribution is -0.146. The van der Waals surface area contributed by atoms with Gasteiger partial charge in [0, 0.05) is 26.0 Å². The van der Waals surface area contributed by atoms with Gasteiger partial charge in [-0.3, -0.25) is 14.2 Å². The number of hydrogen-bond acceptors (Lipinski definition) is 6. The minimum Gasteiger partial charge on any atom is -0.497 e. The zero-order valence-corrected chi connectivity index (χ0v) is 19.8. The van der Waals surface area contributed by atoms with Crippen molar-refractivity contribution in [1.82, 2.24) is 9.55 Å². The molecule has 0 amide bonds. The summed E-state index contributed by atoms with van der Waals surface area (Å²) in [5, 5.41) is 3.85. The minimum atomic E-state index is -0.379. The van der Waals surface area contributed by atoms with E-state index in [2.05, 4.69) is 5.32 Å². The van der Waals surface area contributed by atoms with Crippen LogP contribution in [0, 0.1) is 0 Å². The minimum absolute atomic E-state index is 0.274. The largest absolute Gasteiger partial charge is 0.497 e. The van der Waals surface area contributed by atoms with Gasteiger partial charge in [-0.15, -0.1) is 0 Å². The Balaban J connectivity index is 1.78. The number of carbonyl (C=O) groups excluding carboxylic acids is 1. The first-order valence-electron chi connectivity index (χ1n) is 10.8. The molecular weight excluding hydrogens is 442 g/mol. The maximum atomic E-state index is 13.3. The molecule has 1 aliphatic rings. The highest BCUT2D eigenvalue weighted by atomic mass is 35.5. The fraction of sp³-hybridized carbons (Fsp3) is 0.320. The lowest BCUT2D eigenvalue weighted by atomic mass is 10.1. The second kappa shape index (κ2) is 9.27. The SMILES string of the molecule is CCc1nc(-c2ccc(OC)cc2Cl)c(=O)n(C)c1NC1c2ccccc2CC1OC(C)=O. The van der Waals surface area contributed by atoms with Crippen LogP contribution in [0.5, 0.6) is 5.75 Å². The molecule has 1 N–H and O–H groups in total. The van der Waals surface area contributed by atoms with Crippen LogP contribution in [-0.4, -0.2) is 28.7 Å². The van der Waals surface area contributed by atoms with Gasteiger partial charge in [0.2, 0.25) is 0 Å². The topological polar surface area (TPSA) is 82.4 Å². The molecule has 0 fully saturated rings. The molecule has 1 aromatic heterocycles. The highest BCUT2D eigenvalue weighted by molar-refractivity contribution is 6.33. The molecule has 0 saturated carbocycles. The number of fused-ring (bicyclic) bond motifs is 1. The van der Waals surface area contributed by atoms with E-state index in [-0.39, 0.29) is 29.4 Å². The van der Waals surface area contributed by atoms with Crippen molar-refractivity contribution in [2.24, 2.45) is 7.05 Å². The summed E-state index contributed by atoms with van der Waals surface area (Å²) >= 11 is 6.43. The Morgan fingerprint density at radius 1 is 1.27 bits per heavy atom. The molecule has 2 aromatic carbocycles. The number of nitrogens with zero attached hydrogens (tertiary/aromatic N) is 2. The quantitative estimate of drug-likeness (QED) is 0.544. The Kier molecular flexibility index (Phi) is 6.42. The molecule has 2 unspecified atom stereocenters. The van der Waals surface area contributed by atoms with Crippen LogP contribution in [0.4, 0.5) is 5.82 Å². The number of ether oxygens (including phenoxy) is 2. The van der Waals surface area contributed by atoms with Crippen molar-refractivity contribution >= 4 is 23.4 Å². The van der Waals surface area contributed by atoms with Crippen LogP contribution in [0.25, 0.3) is 11.3 Å². The van der Waals surface area contributed by atoms with Crippen molar-refractivity contribution in [2.45, 2.75) is 38.8 Å². The number of halogens is 1. The number of anilines is 1. The third-order valence-corrected chi connectivity index (χ3v) is 6.23. The number of benzene rings is 2. The smallest absolute Gasteiger partial charge is 0.302 e. The number of aromatic nitrogens is 2. The van der Waals surface area contributed by atoms with Crippen molar-refractivity contribution in [1.29, 1.82) is 0 Å². The Morgan fingerprint density at radius 3 is 2.70 bits per heavy atom. The number of esters is 1. The monoisotopic (exact) mass is 467 g/mol. The van der Waals surface area contributed by atoms with Gasteiger partial charge in [-0.05, 0) is 35.7 Å². The van der Waals surface area contributed by atoms with E-state index in [1.807, 2.05) is 31.2 Å². The first-order valence-corrected chi connectivity index (χ1v) is 11.2. The summed E-state index contributed by atoms with van der Waals surface area (Å²) < 4.78 is 12.4. The lowest BCUT2D eigenvalue weighted by Gasteiger charge is -2.25. The highest BCUT2D eigenvalue weighted by Crippen LogP contribution is 2.37. The summed E-state index contributed by atoms with van der Waals surface area (Å²) in [7, 11) is 3.26. The van der Waals surface area contributed by atoms with Gasteiger partial charge in [0.25, 0.3) is 5.56 Å². The van der Waals surface area contributed by atoms with Crippen LogP contribution >= 0.6 is 11.6 Å². The van der Waals surface area contributed by atoms with Crippen LogP contribution in [0.3, 0.4) is 0 Å². The Bertz CT molecular complexity index is 1270. The molecule has 172 valence electrons. The molecule has 33 heavy (non-hydrogen) atoms. The molecule has 4 rings (SSSR count). The standard InChI is InChI=1S/C25H26ClN3O4/c1-5-20-24(28-22-17-9-7-6-8-15(17)12-21(22)33-14(2)30)29(3)25(31)23(27-20)18-11-10-16(32-4)13-19(18)26/h6-11,13,21-22,28H,5,12H2,1-4H3. The summed E-state index contributed by atoms with van der Waals surface area (Å²) in [6.45, 7) is 3.38. The molecule has 1 aliphatic carbocycles. The number of aryl methyl sites for hydroxylation is 1. The van der Waals surface area contributed by atoms with Gasteiger partial charge in [-0.25, -0.2) is 4.98 Å². The number of nitrogens with one attached hydrogen (secondary N) is 1.